The highest BCUT2D eigenvalue weighted by molar-refractivity contribution is 5.88. The lowest BCUT2D eigenvalue weighted by atomic mass is 9.45. The molecule has 5 fully saturated rings. The minimum Gasteiger partial charge on any atom is -0.461 e. The van der Waals surface area contributed by atoms with Gasteiger partial charge < -0.3 is 15.4 Å². The number of esters is 1. The maximum atomic E-state index is 13.3. The number of hydrogen-bond donors (Lipinski definition) is 2. The van der Waals surface area contributed by atoms with E-state index in [1.807, 2.05) is 0 Å². The van der Waals surface area contributed by atoms with Crippen molar-refractivity contribution in [3.05, 3.63) is 0 Å². The Bertz CT molecular complexity index is 747. The quantitative estimate of drug-likeness (QED) is 0.672. The molecule has 1 heterocycles. The van der Waals surface area contributed by atoms with Crippen LogP contribution in [0.5, 0.6) is 0 Å². The molecule has 8 atom stereocenters. The van der Waals surface area contributed by atoms with Crippen LogP contribution in [0.2, 0.25) is 0 Å². The molecule has 0 amide bonds. The Morgan fingerprint density at radius 1 is 1.07 bits per heavy atom. The number of fused-ring (bicyclic) bond motifs is 5. The molecule has 1 saturated heterocycles. The second kappa shape index (κ2) is 7.40. The zero-order valence-corrected chi connectivity index (χ0v) is 18.4. The Kier molecular flexibility index (Phi) is 5.09. The normalized spacial score (nSPS) is 48.5. The van der Waals surface area contributed by atoms with Gasteiger partial charge in [0.2, 0.25) is 0 Å². The fourth-order valence-electron chi connectivity index (χ4n) is 7.95. The van der Waals surface area contributed by atoms with Gasteiger partial charge in [0.1, 0.15) is 23.7 Å². The fraction of sp³-hybridized carbons (Fsp3) is 0.875. The van der Waals surface area contributed by atoms with E-state index in [2.05, 4.69) is 24.5 Å². The number of Topliss-reactive ketones (excluding diaryl/α,β-unsaturated/α-hetero) is 2. The average molecular weight is 417 g/mol. The van der Waals surface area contributed by atoms with Gasteiger partial charge in [-0.25, -0.2) is 0 Å². The molecule has 1 aliphatic heterocycles. The second-order valence-electron chi connectivity index (χ2n) is 11.1. The maximum Gasteiger partial charge on any atom is 0.324 e. The third kappa shape index (κ3) is 3.09. The molecule has 0 bridgehead atoms. The van der Waals surface area contributed by atoms with E-state index in [-0.39, 0.29) is 34.9 Å². The number of nitrogens with one attached hydrogen (secondary N) is 2. The van der Waals surface area contributed by atoms with Crippen LogP contribution in [0, 0.1) is 34.5 Å². The van der Waals surface area contributed by atoms with Crippen molar-refractivity contribution in [2.75, 3.05) is 19.6 Å². The fourth-order valence-corrected chi connectivity index (χ4v) is 7.95. The molecule has 5 rings (SSSR count). The van der Waals surface area contributed by atoms with E-state index < -0.39 is 0 Å². The van der Waals surface area contributed by atoms with Crippen molar-refractivity contribution in [1.82, 2.24) is 10.6 Å². The van der Waals surface area contributed by atoms with Gasteiger partial charge in [-0.05, 0) is 61.7 Å². The van der Waals surface area contributed by atoms with Crippen LogP contribution >= 0.6 is 0 Å². The minimum absolute atomic E-state index is 0.01000. The van der Waals surface area contributed by atoms with Gasteiger partial charge in [-0.15, -0.1) is 0 Å². The Hall–Kier alpha value is -1.27. The number of carbonyl (C=O) groups is 3. The monoisotopic (exact) mass is 416 g/mol. The van der Waals surface area contributed by atoms with Crippen molar-refractivity contribution >= 4 is 17.5 Å². The number of carbonyl (C=O) groups excluding carboxylic acids is 3. The number of ketones is 2. The first-order valence-corrected chi connectivity index (χ1v) is 12.0. The van der Waals surface area contributed by atoms with E-state index in [0.717, 1.165) is 45.2 Å². The standard InChI is InChI=1S/C24H36N2O4/c1-23-7-5-14(30-22(29)19-13-25-9-10-26-19)11-18(23)20(27)12-15-16-3-4-21(28)24(16,2)8-6-17(15)23/h14-19,25-26H,3-13H2,1-2H3/t14?,15-,16-,17+,18?,19+,23+,24-/m0/s1. The van der Waals surface area contributed by atoms with Gasteiger partial charge in [-0.2, -0.15) is 0 Å². The minimum atomic E-state index is -0.283. The summed E-state index contributed by atoms with van der Waals surface area (Å²) >= 11 is 0. The lowest BCUT2D eigenvalue weighted by Gasteiger charge is -2.59. The molecule has 2 unspecified atom stereocenters. The summed E-state index contributed by atoms with van der Waals surface area (Å²) in [5.74, 6) is 1.84. The lowest BCUT2D eigenvalue weighted by Crippen LogP contribution is -2.58. The third-order valence-corrected chi connectivity index (χ3v) is 9.73. The molecule has 0 aromatic heterocycles. The van der Waals surface area contributed by atoms with Crippen molar-refractivity contribution < 1.29 is 19.1 Å². The van der Waals surface area contributed by atoms with Gasteiger partial charge >= 0.3 is 5.97 Å². The van der Waals surface area contributed by atoms with Crippen LogP contribution in [0.4, 0.5) is 0 Å². The highest BCUT2D eigenvalue weighted by atomic mass is 16.5. The summed E-state index contributed by atoms with van der Waals surface area (Å²) in [6.45, 7) is 6.73. The summed E-state index contributed by atoms with van der Waals surface area (Å²) in [4.78, 5) is 38.5. The summed E-state index contributed by atoms with van der Waals surface area (Å²) in [5.41, 5.74) is -0.209. The first-order chi connectivity index (χ1) is 14.3. The first-order valence-electron chi connectivity index (χ1n) is 12.0. The van der Waals surface area contributed by atoms with Crippen LogP contribution in [0.15, 0.2) is 0 Å². The SMILES string of the molecule is C[C@]12CCC(OC(=O)[C@H]3CNCCN3)CC1C(=O)C[C@@H]1[C@H]2CC[C@]2(C)C(=O)CC[C@@H]12. The van der Waals surface area contributed by atoms with Crippen molar-refractivity contribution in [1.29, 1.82) is 0 Å². The molecular weight excluding hydrogens is 380 g/mol. The Morgan fingerprint density at radius 3 is 2.67 bits per heavy atom. The number of piperazine rings is 1. The largest absolute Gasteiger partial charge is 0.461 e. The number of hydrogen-bond acceptors (Lipinski definition) is 6. The predicted octanol–water partition coefficient (Wildman–Crippen LogP) is 2.25. The molecule has 6 nitrogen and oxygen atoms in total. The highest BCUT2D eigenvalue weighted by Gasteiger charge is 2.62. The van der Waals surface area contributed by atoms with Gasteiger partial charge in [-0.3, -0.25) is 14.4 Å². The summed E-state index contributed by atoms with van der Waals surface area (Å²) in [6, 6.07) is -0.283. The van der Waals surface area contributed by atoms with Gasteiger partial charge in [0.05, 0.1) is 0 Å². The van der Waals surface area contributed by atoms with Gasteiger partial charge in [0, 0.05) is 43.8 Å². The van der Waals surface area contributed by atoms with E-state index in [1.54, 1.807) is 0 Å². The summed E-state index contributed by atoms with van der Waals surface area (Å²) in [5, 5.41) is 6.44. The van der Waals surface area contributed by atoms with E-state index in [0.29, 0.717) is 55.1 Å². The van der Waals surface area contributed by atoms with Gasteiger partial charge in [0.25, 0.3) is 0 Å². The van der Waals surface area contributed by atoms with Crippen molar-refractivity contribution in [3.63, 3.8) is 0 Å². The molecule has 4 aliphatic carbocycles. The Labute approximate surface area is 179 Å². The van der Waals surface area contributed by atoms with Crippen LogP contribution in [0.1, 0.15) is 65.2 Å². The van der Waals surface area contributed by atoms with E-state index in [4.69, 9.17) is 4.74 Å². The zero-order chi connectivity index (χ0) is 21.1. The van der Waals surface area contributed by atoms with Crippen LogP contribution in [-0.4, -0.2) is 49.3 Å². The van der Waals surface area contributed by atoms with E-state index in [1.165, 1.54) is 0 Å². The summed E-state index contributed by atoms with van der Waals surface area (Å²) in [6.07, 6.45) is 6.62. The lowest BCUT2D eigenvalue weighted by molar-refractivity contribution is -0.171. The average Bonchev–Trinajstić information content (AvgIpc) is 3.04. The van der Waals surface area contributed by atoms with E-state index >= 15 is 0 Å². The molecular formula is C24H36N2O4. The Balaban J connectivity index is 1.30. The molecule has 5 aliphatic rings. The molecule has 2 N–H and O–H groups in total. The highest BCUT2D eigenvalue weighted by Crippen LogP contribution is 2.64. The molecule has 0 aromatic rings. The van der Waals surface area contributed by atoms with E-state index in [9.17, 15) is 14.4 Å². The third-order valence-electron chi connectivity index (χ3n) is 9.73. The van der Waals surface area contributed by atoms with Crippen molar-refractivity contribution in [2.45, 2.75) is 77.4 Å². The van der Waals surface area contributed by atoms with Crippen LogP contribution in [0.25, 0.3) is 0 Å². The molecule has 0 spiro atoms. The zero-order valence-electron chi connectivity index (χ0n) is 18.4. The van der Waals surface area contributed by atoms with Crippen LogP contribution in [-0.2, 0) is 19.1 Å². The van der Waals surface area contributed by atoms with Gasteiger partial charge in [-0.1, -0.05) is 13.8 Å². The number of ether oxygens (including phenoxy) is 1. The van der Waals surface area contributed by atoms with Gasteiger partial charge in [0.15, 0.2) is 0 Å². The topological polar surface area (TPSA) is 84.5 Å². The smallest absolute Gasteiger partial charge is 0.324 e. The second-order valence-corrected chi connectivity index (χ2v) is 11.1. The van der Waals surface area contributed by atoms with Crippen molar-refractivity contribution in [3.8, 4) is 0 Å². The number of rotatable bonds is 2. The molecule has 166 valence electrons. The molecule has 30 heavy (non-hydrogen) atoms. The molecule has 4 saturated carbocycles. The summed E-state index contributed by atoms with van der Waals surface area (Å²) < 4.78 is 5.87. The summed E-state index contributed by atoms with van der Waals surface area (Å²) in [7, 11) is 0. The molecule has 6 heteroatoms. The first kappa shape index (κ1) is 20.6. The maximum absolute atomic E-state index is 13.3. The predicted molar refractivity (Wildman–Crippen MR) is 112 cm³/mol. The van der Waals surface area contributed by atoms with Crippen LogP contribution in [0.3, 0.4) is 0 Å². The molecule has 0 aromatic carbocycles. The van der Waals surface area contributed by atoms with Crippen molar-refractivity contribution in [2.24, 2.45) is 34.5 Å². The van der Waals surface area contributed by atoms with Crippen LogP contribution < -0.4 is 10.6 Å². The molecule has 0 radical (unpaired) electrons. The Morgan fingerprint density at radius 2 is 1.90 bits per heavy atom.